The molecule has 0 unspecified atom stereocenters. The summed E-state index contributed by atoms with van der Waals surface area (Å²) in [6.07, 6.45) is 0.807. The fourth-order valence-electron chi connectivity index (χ4n) is 3.29. The molecule has 28 heavy (non-hydrogen) atoms. The minimum atomic E-state index is -0.505. The van der Waals surface area contributed by atoms with Crippen molar-refractivity contribution in [3.05, 3.63) is 83.2 Å². The Labute approximate surface area is 165 Å². The van der Waals surface area contributed by atoms with Gasteiger partial charge in [-0.1, -0.05) is 43.3 Å². The summed E-state index contributed by atoms with van der Waals surface area (Å²) in [6.45, 7) is 5.50. The summed E-state index contributed by atoms with van der Waals surface area (Å²) in [5.74, 6) is -0.861. The van der Waals surface area contributed by atoms with Gasteiger partial charge in [-0.05, 0) is 50.1 Å². The van der Waals surface area contributed by atoms with Gasteiger partial charge in [-0.2, -0.15) is 0 Å². The number of aromatic nitrogens is 1. The molecule has 0 aliphatic rings. The number of ether oxygens (including phenoxy) is 1. The van der Waals surface area contributed by atoms with Gasteiger partial charge >= 0.3 is 5.97 Å². The molecule has 1 amide bonds. The van der Waals surface area contributed by atoms with Crippen molar-refractivity contribution in [2.24, 2.45) is 0 Å². The third-order valence-corrected chi connectivity index (χ3v) is 4.67. The molecule has 5 nitrogen and oxygen atoms in total. The third-order valence-electron chi connectivity index (χ3n) is 4.67. The summed E-state index contributed by atoms with van der Waals surface area (Å²) in [5, 5.41) is 2.80. The number of carbonyl (C=O) groups excluding carboxylic acids is 2. The average Bonchev–Trinajstić information content (AvgIpc) is 3.01. The van der Waals surface area contributed by atoms with Gasteiger partial charge in [-0.25, -0.2) is 4.79 Å². The fourth-order valence-corrected chi connectivity index (χ4v) is 3.29. The monoisotopic (exact) mass is 376 g/mol. The van der Waals surface area contributed by atoms with E-state index < -0.39 is 5.97 Å². The number of amides is 1. The van der Waals surface area contributed by atoms with E-state index in [4.69, 9.17) is 4.74 Å². The largest absolute Gasteiger partial charge is 0.452 e. The van der Waals surface area contributed by atoms with E-state index in [0.29, 0.717) is 5.56 Å². The Morgan fingerprint density at radius 2 is 1.68 bits per heavy atom. The molecule has 0 saturated heterocycles. The zero-order chi connectivity index (χ0) is 20.1. The number of para-hydroxylation sites is 2. The van der Waals surface area contributed by atoms with Gasteiger partial charge in [0.15, 0.2) is 6.61 Å². The Balaban J connectivity index is 1.68. The van der Waals surface area contributed by atoms with Crippen LogP contribution in [0.2, 0.25) is 0 Å². The highest BCUT2D eigenvalue weighted by molar-refractivity contribution is 5.96. The number of esters is 1. The van der Waals surface area contributed by atoms with Crippen molar-refractivity contribution in [3.8, 4) is 5.69 Å². The van der Waals surface area contributed by atoms with Gasteiger partial charge in [0.1, 0.15) is 0 Å². The van der Waals surface area contributed by atoms with Crippen LogP contribution in [0, 0.1) is 13.8 Å². The predicted octanol–water partition coefficient (Wildman–Crippen LogP) is 4.45. The molecule has 0 aliphatic carbocycles. The molecule has 0 radical (unpaired) electrons. The van der Waals surface area contributed by atoms with Crippen molar-refractivity contribution >= 4 is 17.6 Å². The predicted molar refractivity (Wildman–Crippen MR) is 110 cm³/mol. The van der Waals surface area contributed by atoms with Crippen LogP contribution < -0.4 is 5.32 Å². The minimum Gasteiger partial charge on any atom is -0.452 e. The van der Waals surface area contributed by atoms with Gasteiger partial charge in [0.25, 0.3) is 5.91 Å². The molecular formula is C23H24N2O3. The van der Waals surface area contributed by atoms with E-state index >= 15 is 0 Å². The van der Waals surface area contributed by atoms with Crippen LogP contribution in [0.25, 0.3) is 5.69 Å². The maximum absolute atomic E-state index is 12.5. The van der Waals surface area contributed by atoms with Crippen LogP contribution in [-0.2, 0) is 16.0 Å². The van der Waals surface area contributed by atoms with Crippen LogP contribution in [0.15, 0.2) is 60.7 Å². The highest BCUT2D eigenvalue weighted by Gasteiger charge is 2.19. The molecule has 1 aromatic heterocycles. The van der Waals surface area contributed by atoms with E-state index in [1.165, 1.54) is 0 Å². The highest BCUT2D eigenvalue weighted by atomic mass is 16.5. The van der Waals surface area contributed by atoms with Gasteiger partial charge in [0.05, 0.1) is 5.56 Å². The molecular weight excluding hydrogens is 352 g/mol. The van der Waals surface area contributed by atoms with Gasteiger partial charge in [0.2, 0.25) is 0 Å². The first-order chi connectivity index (χ1) is 13.5. The molecule has 0 bridgehead atoms. The number of rotatable bonds is 6. The number of nitrogens with one attached hydrogen (secondary N) is 1. The van der Waals surface area contributed by atoms with Crippen molar-refractivity contribution < 1.29 is 14.3 Å². The molecule has 0 fully saturated rings. The third kappa shape index (κ3) is 4.14. The molecule has 3 aromatic rings. The summed E-state index contributed by atoms with van der Waals surface area (Å²) < 4.78 is 7.25. The molecule has 1 N–H and O–H groups in total. The first-order valence-corrected chi connectivity index (χ1v) is 9.30. The molecule has 0 spiro atoms. The lowest BCUT2D eigenvalue weighted by molar-refractivity contribution is -0.119. The van der Waals surface area contributed by atoms with E-state index in [0.717, 1.165) is 34.7 Å². The van der Waals surface area contributed by atoms with Crippen molar-refractivity contribution in [2.45, 2.75) is 27.2 Å². The smallest absolute Gasteiger partial charge is 0.340 e. The lowest BCUT2D eigenvalue weighted by Crippen LogP contribution is -2.21. The van der Waals surface area contributed by atoms with Crippen LogP contribution in [0.1, 0.15) is 34.2 Å². The molecule has 0 atom stereocenters. The number of aryl methyl sites for hydroxylation is 2. The summed E-state index contributed by atoms with van der Waals surface area (Å²) in [6, 6.07) is 19.2. The molecule has 5 heteroatoms. The van der Waals surface area contributed by atoms with E-state index in [1.807, 2.05) is 79.9 Å². The number of anilines is 1. The van der Waals surface area contributed by atoms with Crippen molar-refractivity contribution in [1.82, 2.24) is 4.57 Å². The minimum absolute atomic E-state index is 0.327. The molecule has 2 aromatic carbocycles. The second-order valence-corrected chi connectivity index (χ2v) is 6.59. The average molecular weight is 376 g/mol. The van der Waals surface area contributed by atoms with Gasteiger partial charge in [-0.3, -0.25) is 4.79 Å². The van der Waals surface area contributed by atoms with Crippen molar-refractivity contribution in [3.63, 3.8) is 0 Å². The molecule has 0 saturated carbocycles. The van der Waals surface area contributed by atoms with Crippen LogP contribution in [0.5, 0.6) is 0 Å². The Morgan fingerprint density at radius 1 is 1.00 bits per heavy atom. The van der Waals surface area contributed by atoms with Crippen molar-refractivity contribution in [2.75, 3.05) is 11.9 Å². The first kappa shape index (κ1) is 19.4. The number of carbonyl (C=O) groups is 2. The summed E-state index contributed by atoms with van der Waals surface area (Å²) in [5.41, 5.74) is 4.93. The zero-order valence-corrected chi connectivity index (χ0v) is 16.4. The lowest BCUT2D eigenvalue weighted by atomic mass is 10.1. The summed E-state index contributed by atoms with van der Waals surface area (Å²) >= 11 is 0. The topological polar surface area (TPSA) is 60.3 Å². The van der Waals surface area contributed by atoms with Crippen LogP contribution in [0.4, 0.5) is 5.69 Å². The summed E-state index contributed by atoms with van der Waals surface area (Å²) in [7, 11) is 0. The van der Waals surface area contributed by atoms with E-state index in [9.17, 15) is 9.59 Å². The maximum Gasteiger partial charge on any atom is 0.340 e. The fraction of sp³-hybridized carbons (Fsp3) is 0.217. The van der Waals surface area contributed by atoms with Crippen LogP contribution in [0.3, 0.4) is 0 Å². The standard InChI is InChI=1S/C23H24N2O3/c1-4-18-10-8-9-13-21(18)24-22(26)15-28-23(27)20-14-16(2)25(17(20)3)19-11-6-5-7-12-19/h5-14H,4,15H2,1-3H3,(H,24,26). The molecule has 3 rings (SSSR count). The molecule has 0 aliphatic heterocycles. The first-order valence-electron chi connectivity index (χ1n) is 9.30. The Hall–Kier alpha value is -3.34. The molecule has 144 valence electrons. The van der Waals surface area contributed by atoms with Gasteiger partial charge in [0, 0.05) is 22.8 Å². The van der Waals surface area contributed by atoms with Crippen LogP contribution in [-0.4, -0.2) is 23.1 Å². The SMILES string of the molecule is CCc1ccccc1NC(=O)COC(=O)c1cc(C)n(-c2ccccc2)c1C. The maximum atomic E-state index is 12.5. The Morgan fingerprint density at radius 3 is 2.39 bits per heavy atom. The lowest BCUT2D eigenvalue weighted by Gasteiger charge is -2.11. The summed E-state index contributed by atoms with van der Waals surface area (Å²) in [4.78, 5) is 24.7. The van der Waals surface area contributed by atoms with Gasteiger partial charge < -0.3 is 14.6 Å². The van der Waals surface area contributed by atoms with E-state index in [1.54, 1.807) is 6.07 Å². The number of hydrogen-bond donors (Lipinski definition) is 1. The zero-order valence-electron chi connectivity index (χ0n) is 16.4. The number of benzene rings is 2. The van der Waals surface area contributed by atoms with E-state index in [2.05, 4.69) is 5.32 Å². The number of hydrogen-bond acceptors (Lipinski definition) is 3. The van der Waals surface area contributed by atoms with E-state index in [-0.39, 0.29) is 12.5 Å². The second kappa shape index (κ2) is 8.57. The number of nitrogens with zero attached hydrogens (tertiary/aromatic N) is 1. The van der Waals surface area contributed by atoms with Gasteiger partial charge in [-0.15, -0.1) is 0 Å². The normalized spacial score (nSPS) is 10.5. The second-order valence-electron chi connectivity index (χ2n) is 6.59. The van der Waals surface area contributed by atoms with Crippen molar-refractivity contribution in [1.29, 1.82) is 0 Å². The molecule has 1 heterocycles. The Kier molecular flexibility index (Phi) is 5.94. The van der Waals surface area contributed by atoms with Crippen LogP contribution >= 0.6 is 0 Å². The highest BCUT2D eigenvalue weighted by Crippen LogP contribution is 2.21. The Bertz CT molecular complexity index is 990. The quantitative estimate of drug-likeness (QED) is 0.647.